The molecule has 2 aromatic carbocycles. The largest absolute Gasteiger partial charge is 0.494 e. The third-order valence-electron chi connectivity index (χ3n) is 2.63. The molecule has 0 atom stereocenters. The van der Waals surface area contributed by atoms with Crippen molar-refractivity contribution in [3.8, 4) is 17.2 Å². The summed E-state index contributed by atoms with van der Waals surface area (Å²) in [5.74, 6) is 2.00. The van der Waals surface area contributed by atoms with Gasteiger partial charge in [-0.2, -0.15) is 0 Å². The molecule has 0 saturated heterocycles. The fourth-order valence-electron chi connectivity index (χ4n) is 1.64. The van der Waals surface area contributed by atoms with Crippen molar-refractivity contribution in [1.29, 1.82) is 0 Å². The van der Waals surface area contributed by atoms with Gasteiger partial charge in [0.1, 0.15) is 17.2 Å². The highest BCUT2D eigenvalue weighted by atomic mass is 79.9. The van der Waals surface area contributed by atoms with Crippen LogP contribution in [-0.4, -0.2) is 12.9 Å². The topological polar surface area (TPSA) is 35.5 Å². The van der Waals surface area contributed by atoms with Gasteiger partial charge in [-0.05, 0) is 48.9 Å². The summed E-state index contributed by atoms with van der Waals surface area (Å²) >= 11 is 3.36. The first kappa shape index (κ1) is 14.6. The Morgan fingerprint density at radius 2 is 1.80 bits per heavy atom. The van der Waals surface area contributed by atoms with Crippen LogP contribution in [0.4, 0.5) is 0 Å². The quantitative estimate of drug-likeness (QED) is 0.709. The lowest BCUT2D eigenvalue weighted by molar-refractivity contribution is 0.112. The smallest absolute Gasteiger partial charge is 0.153 e. The molecule has 4 heteroatoms. The summed E-state index contributed by atoms with van der Waals surface area (Å²) in [4.78, 5) is 11.0. The highest BCUT2D eigenvalue weighted by molar-refractivity contribution is 9.10. The number of halogens is 1. The Balaban J connectivity index is 2.13. The lowest BCUT2D eigenvalue weighted by Crippen LogP contribution is -1.95. The van der Waals surface area contributed by atoms with Crippen LogP contribution in [0, 0.1) is 0 Å². The van der Waals surface area contributed by atoms with E-state index >= 15 is 0 Å². The molecule has 0 radical (unpaired) electrons. The van der Waals surface area contributed by atoms with Crippen LogP contribution < -0.4 is 9.47 Å². The Hall–Kier alpha value is -1.81. The van der Waals surface area contributed by atoms with Crippen molar-refractivity contribution in [2.45, 2.75) is 13.3 Å². The number of rotatable bonds is 6. The normalized spacial score (nSPS) is 10.1. The van der Waals surface area contributed by atoms with E-state index in [0.29, 0.717) is 23.7 Å². The minimum Gasteiger partial charge on any atom is -0.494 e. The maximum absolute atomic E-state index is 11.0. The first-order valence-corrected chi connectivity index (χ1v) is 7.17. The lowest BCUT2D eigenvalue weighted by Gasteiger charge is -2.09. The molecule has 0 heterocycles. The summed E-state index contributed by atoms with van der Waals surface area (Å²) in [6.45, 7) is 2.76. The lowest BCUT2D eigenvalue weighted by atomic mass is 10.2. The maximum Gasteiger partial charge on any atom is 0.153 e. The summed E-state index contributed by atoms with van der Waals surface area (Å²) in [5, 5.41) is 0. The molecule has 0 aromatic heterocycles. The molecule has 0 N–H and O–H groups in total. The Kier molecular flexibility index (Phi) is 5.18. The second kappa shape index (κ2) is 7.10. The zero-order valence-electron chi connectivity index (χ0n) is 11.1. The van der Waals surface area contributed by atoms with Crippen LogP contribution in [0.2, 0.25) is 0 Å². The number of benzene rings is 2. The van der Waals surface area contributed by atoms with E-state index in [1.165, 1.54) is 0 Å². The van der Waals surface area contributed by atoms with E-state index in [0.717, 1.165) is 22.9 Å². The van der Waals surface area contributed by atoms with E-state index in [1.54, 1.807) is 18.2 Å². The molecular weight excluding hydrogens is 320 g/mol. The van der Waals surface area contributed by atoms with Gasteiger partial charge in [0.15, 0.2) is 6.29 Å². The fourth-order valence-corrected chi connectivity index (χ4v) is 1.98. The van der Waals surface area contributed by atoms with Gasteiger partial charge in [-0.3, -0.25) is 4.79 Å². The summed E-state index contributed by atoms with van der Waals surface area (Å²) in [6.07, 6.45) is 1.75. The van der Waals surface area contributed by atoms with Gasteiger partial charge in [-0.25, -0.2) is 0 Å². The molecule has 2 rings (SSSR count). The Bertz CT molecular complexity index is 579. The van der Waals surface area contributed by atoms with Gasteiger partial charge in [0.2, 0.25) is 0 Å². The second-order valence-corrected chi connectivity index (χ2v) is 5.14. The van der Waals surface area contributed by atoms with Crippen LogP contribution in [0.25, 0.3) is 0 Å². The van der Waals surface area contributed by atoms with Crippen LogP contribution in [-0.2, 0) is 0 Å². The Labute approximate surface area is 126 Å². The molecule has 0 bridgehead atoms. The molecule has 0 aliphatic rings. The van der Waals surface area contributed by atoms with Gasteiger partial charge < -0.3 is 9.47 Å². The number of carbonyl (C=O) groups excluding carboxylic acids is 1. The molecule has 0 spiro atoms. The number of hydrogen-bond acceptors (Lipinski definition) is 3. The van der Waals surface area contributed by atoms with E-state index in [-0.39, 0.29) is 0 Å². The maximum atomic E-state index is 11.0. The van der Waals surface area contributed by atoms with Crippen molar-refractivity contribution < 1.29 is 14.3 Å². The average Bonchev–Trinajstić information content (AvgIpc) is 2.47. The third-order valence-corrected chi connectivity index (χ3v) is 3.12. The van der Waals surface area contributed by atoms with E-state index in [1.807, 2.05) is 24.3 Å². The van der Waals surface area contributed by atoms with Crippen LogP contribution in [0.5, 0.6) is 17.2 Å². The standard InChI is InChI=1S/C16H15BrO3/c1-2-9-19-14-5-7-15(8-6-14)20-16-10-13(17)4-3-12(16)11-18/h3-8,10-11H,2,9H2,1H3. The van der Waals surface area contributed by atoms with E-state index in [4.69, 9.17) is 9.47 Å². The molecule has 0 fully saturated rings. The summed E-state index contributed by atoms with van der Waals surface area (Å²) in [6, 6.07) is 12.6. The molecule has 0 unspecified atom stereocenters. The van der Waals surface area contributed by atoms with E-state index in [9.17, 15) is 4.79 Å². The van der Waals surface area contributed by atoms with Crippen LogP contribution in [0.3, 0.4) is 0 Å². The summed E-state index contributed by atoms with van der Waals surface area (Å²) in [7, 11) is 0. The second-order valence-electron chi connectivity index (χ2n) is 4.22. The van der Waals surface area contributed by atoms with Crippen molar-refractivity contribution in [2.24, 2.45) is 0 Å². The van der Waals surface area contributed by atoms with Crippen molar-refractivity contribution in [3.05, 3.63) is 52.5 Å². The molecule has 3 nitrogen and oxygen atoms in total. The number of hydrogen-bond donors (Lipinski definition) is 0. The monoisotopic (exact) mass is 334 g/mol. The minimum atomic E-state index is 0.513. The van der Waals surface area contributed by atoms with Crippen molar-refractivity contribution >= 4 is 22.2 Å². The number of aldehydes is 1. The highest BCUT2D eigenvalue weighted by Gasteiger charge is 2.05. The summed E-state index contributed by atoms with van der Waals surface area (Å²) in [5.41, 5.74) is 0.513. The molecule has 104 valence electrons. The van der Waals surface area contributed by atoms with Crippen molar-refractivity contribution in [1.82, 2.24) is 0 Å². The predicted octanol–water partition coefficient (Wildman–Crippen LogP) is 4.84. The number of ether oxygens (including phenoxy) is 2. The summed E-state index contributed by atoms with van der Waals surface area (Å²) < 4.78 is 12.1. The first-order valence-electron chi connectivity index (χ1n) is 6.38. The average molecular weight is 335 g/mol. The van der Waals surface area contributed by atoms with Gasteiger partial charge in [0, 0.05) is 4.47 Å². The first-order chi connectivity index (χ1) is 9.72. The van der Waals surface area contributed by atoms with E-state index in [2.05, 4.69) is 22.9 Å². The van der Waals surface area contributed by atoms with Crippen molar-refractivity contribution in [2.75, 3.05) is 6.61 Å². The third kappa shape index (κ3) is 3.84. The molecule has 20 heavy (non-hydrogen) atoms. The molecule has 0 amide bonds. The molecule has 2 aromatic rings. The predicted molar refractivity (Wildman–Crippen MR) is 81.8 cm³/mol. The Morgan fingerprint density at radius 1 is 1.10 bits per heavy atom. The van der Waals surface area contributed by atoms with Crippen LogP contribution in [0.15, 0.2) is 46.9 Å². The molecule has 0 saturated carbocycles. The molecule has 0 aliphatic carbocycles. The van der Waals surface area contributed by atoms with Gasteiger partial charge >= 0.3 is 0 Å². The highest BCUT2D eigenvalue weighted by Crippen LogP contribution is 2.28. The van der Waals surface area contributed by atoms with Crippen molar-refractivity contribution in [3.63, 3.8) is 0 Å². The fraction of sp³-hybridized carbons (Fsp3) is 0.188. The molecule has 0 aliphatic heterocycles. The SMILES string of the molecule is CCCOc1ccc(Oc2cc(Br)ccc2C=O)cc1. The van der Waals surface area contributed by atoms with Crippen LogP contribution in [0.1, 0.15) is 23.7 Å². The van der Waals surface area contributed by atoms with Gasteiger partial charge in [0.25, 0.3) is 0 Å². The number of carbonyl (C=O) groups is 1. The molecular formula is C16H15BrO3. The minimum absolute atomic E-state index is 0.513. The van der Waals surface area contributed by atoms with Crippen LogP contribution >= 0.6 is 15.9 Å². The zero-order valence-corrected chi connectivity index (χ0v) is 12.7. The Morgan fingerprint density at radius 3 is 2.45 bits per heavy atom. The van der Waals surface area contributed by atoms with E-state index < -0.39 is 0 Å². The zero-order chi connectivity index (χ0) is 14.4. The van der Waals surface area contributed by atoms with Gasteiger partial charge in [0.05, 0.1) is 12.2 Å². The van der Waals surface area contributed by atoms with Gasteiger partial charge in [-0.1, -0.05) is 22.9 Å². The van der Waals surface area contributed by atoms with Gasteiger partial charge in [-0.15, -0.1) is 0 Å².